The molecule has 6 nitrogen and oxygen atoms in total. The Morgan fingerprint density at radius 3 is 2.41 bits per heavy atom. The molecule has 1 aliphatic carbocycles. The second kappa shape index (κ2) is 11.5. The molecule has 2 fully saturated rings. The fraction of sp³-hybridized carbons (Fsp3) is 0.469. The lowest BCUT2D eigenvalue weighted by molar-refractivity contribution is 0.435. The van der Waals surface area contributed by atoms with Gasteiger partial charge in [0.25, 0.3) is 0 Å². The largest absolute Gasteiger partial charge is 0.361 e. The van der Waals surface area contributed by atoms with Crippen LogP contribution in [0.25, 0.3) is 0 Å². The third-order valence-electron chi connectivity index (χ3n) is 8.89. The molecule has 0 spiro atoms. The maximum Gasteiger partial charge on any atom is 0.232 e. The van der Waals surface area contributed by atoms with Gasteiger partial charge in [-0.25, -0.2) is 0 Å². The van der Waals surface area contributed by atoms with E-state index in [1.165, 1.54) is 55.2 Å². The highest BCUT2D eigenvalue weighted by atomic mass is 32.1. The Morgan fingerprint density at radius 1 is 0.923 bits per heavy atom. The highest BCUT2D eigenvalue weighted by molar-refractivity contribution is 7.80. The van der Waals surface area contributed by atoms with E-state index in [2.05, 4.69) is 88.0 Å². The molecule has 0 radical (unpaired) electrons. The molecule has 1 saturated heterocycles. The van der Waals surface area contributed by atoms with Crippen molar-refractivity contribution in [2.75, 3.05) is 41.3 Å². The van der Waals surface area contributed by atoms with Crippen LogP contribution >= 0.6 is 12.2 Å². The number of nitrogens with zero attached hydrogens (tertiary/aromatic N) is 4. The van der Waals surface area contributed by atoms with Crippen molar-refractivity contribution in [3.05, 3.63) is 77.4 Å². The molecule has 2 aliphatic heterocycles. The van der Waals surface area contributed by atoms with Gasteiger partial charge in [-0.2, -0.15) is 9.97 Å². The number of piperidine rings is 1. The van der Waals surface area contributed by atoms with Crippen molar-refractivity contribution in [1.29, 1.82) is 0 Å². The van der Waals surface area contributed by atoms with Crippen LogP contribution in [-0.4, -0.2) is 41.3 Å². The van der Waals surface area contributed by atoms with Crippen molar-refractivity contribution in [3.63, 3.8) is 0 Å². The number of hydrogen-bond acceptors (Lipinski definition) is 5. The van der Waals surface area contributed by atoms with Gasteiger partial charge in [0.1, 0.15) is 11.6 Å². The van der Waals surface area contributed by atoms with Crippen LogP contribution in [0.5, 0.6) is 0 Å². The van der Waals surface area contributed by atoms with E-state index in [0.29, 0.717) is 17.0 Å². The van der Waals surface area contributed by atoms with Crippen LogP contribution in [0.3, 0.4) is 0 Å². The van der Waals surface area contributed by atoms with Crippen molar-refractivity contribution < 1.29 is 0 Å². The van der Waals surface area contributed by atoms with Crippen molar-refractivity contribution >= 4 is 34.9 Å². The molecule has 0 bridgehead atoms. The van der Waals surface area contributed by atoms with Gasteiger partial charge >= 0.3 is 0 Å². The van der Waals surface area contributed by atoms with E-state index in [9.17, 15) is 0 Å². The Labute approximate surface area is 238 Å². The number of nitrogens with one attached hydrogen (secondary N) is 2. The standard InChI is InChI=1S/C32H40N6S/c1-24-10-9-18-37(21-24)28-20-29(38-19-15-25-11-5-6-12-26(25)22-38)35-30(34-28)36-31(39)33-23-32(16-7-8-17-32)27-13-3-2-4-14-27/h2-6,11-14,20,24H,7-10,15-19,21-23H2,1H3,(H2,33,34,35,36,39)/t24-/m0/s1. The van der Waals surface area contributed by atoms with Crippen molar-refractivity contribution in [2.45, 2.75) is 63.8 Å². The molecule has 1 saturated carbocycles. The Balaban J connectivity index is 1.21. The van der Waals surface area contributed by atoms with Gasteiger partial charge in [0, 0.05) is 44.2 Å². The van der Waals surface area contributed by atoms with Crippen LogP contribution in [0.2, 0.25) is 0 Å². The predicted molar refractivity (Wildman–Crippen MR) is 165 cm³/mol. The molecule has 39 heavy (non-hydrogen) atoms. The summed E-state index contributed by atoms with van der Waals surface area (Å²) in [5, 5.41) is 7.51. The fourth-order valence-electron chi connectivity index (χ4n) is 6.70. The molecule has 6 rings (SSSR count). The zero-order valence-corrected chi connectivity index (χ0v) is 23.8. The molecule has 3 aromatic rings. The molecule has 1 atom stereocenters. The molecule has 3 aliphatic rings. The number of fused-ring (bicyclic) bond motifs is 1. The Bertz CT molecular complexity index is 1290. The zero-order chi connectivity index (χ0) is 26.7. The number of hydrogen-bond donors (Lipinski definition) is 2. The quantitative estimate of drug-likeness (QED) is 0.368. The second-order valence-corrected chi connectivity index (χ2v) is 12.1. The molecule has 7 heteroatoms. The molecular formula is C32H40N6S. The second-order valence-electron chi connectivity index (χ2n) is 11.7. The highest BCUT2D eigenvalue weighted by Crippen LogP contribution is 2.40. The zero-order valence-electron chi connectivity index (χ0n) is 23.0. The van der Waals surface area contributed by atoms with Gasteiger partial charge in [0.15, 0.2) is 5.11 Å². The van der Waals surface area contributed by atoms with Crippen LogP contribution in [0.15, 0.2) is 60.7 Å². The Kier molecular flexibility index (Phi) is 7.69. The third-order valence-corrected chi connectivity index (χ3v) is 9.14. The topological polar surface area (TPSA) is 56.3 Å². The van der Waals surface area contributed by atoms with Crippen LogP contribution < -0.4 is 20.4 Å². The SMILES string of the molecule is C[C@H]1CCCN(c2cc(N3CCc4ccccc4C3)nc(NC(=S)NCC3(c4ccccc4)CCCC3)n2)C1. The van der Waals surface area contributed by atoms with Crippen molar-refractivity contribution in [2.24, 2.45) is 5.92 Å². The number of aromatic nitrogens is 2. The average molecular weight is 541 g/mol. The lowest BCUT2D eigenvalue weighted by Crippen LogP contribution is -2.41. The summed E-state index contributed by atoms with van der Waals surface area (Å²) in [7, 11) is 0. The van der Waals surface area contributed by atoms with Gasteiger partial charge in [-0.15, -0.1) is 0 Å². The van der Waals surface area contributed by atoms with E-state index in [0.717, 1.165) is 50.8 Å². The lowest BCUT2D eigenvalue weighted by atomic mass is 9.79. The Hall–Kier alpha value is -3.19. The molecule has 2 aromatic carbocycles. The van der Waals surface area contributed by atoms with Crippen LogP contribution in [0.4, 0.5) is 17.6 Å². The van der Waals surface area contributed by atoms with E-state index < -0.39 is 0 Å². The predicted octanol–water partition coefficient (Wildman–Crippen LogP) is 6.07. The summed E-state index contributed by atoms with van der Waals surface area (Å²) in [5.74, 6) is 3.21. The van der Waals surface area contributed by atoms with Crippen LogP contribution in [0.1, 0.15) is 62.1 Å². The minimum absolute atomic E-state index is 0.131. The summed E-state index contributed by atoms with van der Waals surface area (Å²) < 4.78 is 0. The molecule has 0 amide bonds. The monoisotopic (exact) mass is 540 g/mol. The van der Waals surface area contributed by atoms with Gasteiger partial charge in [0.2, 0.25) is 5.95 Å². The fourth-order valence-corrected chi connectivity index (χ4v) is 6.86. The van der Waals surface area contributed by atoms with Crippen LogP contribution in [-0.2, 0) is 18.4 Å². The van der Waals surface area contributed by atoms with E-state index >= 15 is 0 Å². The summed E-state index contributed by atoms with van der Waals surface area (Å²) >= 11 is 5.81. The van der Waals surface area contributed by atoms with E-state index in [1.807, 2.05) is 0 Å². The molecule has 0 unspecified atom stereocenters. The van der Waals surface area contributed by atoms with Gasteiger partial charge in [-0.1, -0.05) is 74.4 Å². The highest BCUT2D eigenvalue weighted by Gasteiger charge is 2.35. The molecule has 3 heterocycles. The minimum atomic E-state index is 0.131. The van der Waals surface area contributed by atoms with Crippen LogP contribution in [0, 0.1) is 5.92 Å². The molecule has 1 aromatic heterocycles. The third kappa shape index (κ3) is 5.88. The first-order valence-electron chi connectivity index (χ1n) is 14.6. The van der Waals surface area contributed by atoms with E-state index in [1.54, 1.807) is 0 Å². The summed E-state index contributed by atoms with van der Waals surface area (Å²) in [6.07, 6.45) is 8.40. The van der Waals surface area contributed by atoms with Gasteiger partial charge in [-0.05, 0) is 66.9 Å². The first kappa shape index (κ1) is 26.1. The lowest BCUT2D eigenvalue weighted by Gasteiger charge is -2.34. The van der Waals surface area contributed by atoms with E-state index in [4.69, 9.17) is 22.2 Å². The average Bonchev–Trinajstić information content (AvgIpc) is 3.46. The van der Waals surface area contributed by atoms with Crippen molar-refractivity contribution in [1.82, 2.24) is 15.3 Å². The Morgan fingerprint density at radius 2 is 1.64 bits per heavy atom. The summed E-state index contributed by atoms with van der Waals surface area (Å²) in [6, 6.07) is 21.8. The maximum atomic E-state index is 5.81. The van der Waals surface area contributed by atoms with Crippen molar-refractivity contribution in [3.8, 4) is 0 Å². The van der Waals surface area contributed by atoms with Gasteiger partial charge in [0.05, 0.1) is 0 Å². The maximum absolute atomic E-state index is 5.81. The minimum Gasteiger partial charge on any atom is -0.361 e. The number of thiocarbonyl (C=S) groups is 1. The number of rotatable bonds is 6. The number of benzene rings is 2. The first-order chi connectivity index (χ1) is 19.1. The normalized spacial score (nSPS) is 20.4. The smallest absolute Gasteiger partial charge is 0.232 e. The molecular weight excluding hydrogens is 500 g/mol. The van der Waals surface area contributed by atoms with Gasteiger partial charge in [-0.3, -0.25) is 0 Å². The number of anilines is 3. The first-order valence-corrected chi connectivity index (χ1v) is 15.0. The molecule has 204 valence electrons. The summed E-state index contributed by atoms with van der Waals surface area (Å²) in [4.78, 5) is 14.8. The van der Waals surface area contributed by atoms with E-state index in [-0.39, 0.29) is 5.41 Å². The molecule has 2 N–H and O–H groups in total. The summed E-state index contributed by atoms with van der Waals surface area (Å²) in [5.41, 5.74) is 4.36. The van der Waals surface area contributed by atoms with Gasteiger partial charge < -0.3 is 20.4 Å². The summed E-state index contributed by atoms with van der Waals surface area (Å²) in [6.45, 7) is 7.03.